The van der Waals surface area contributed by atoms with Crippen molar-refractivity contribution in [1.29, 1.82) is 0 Å². The van der Waals surface area contributed by atoms with Gasteiger partial charge >= 0.3 is 6.03 Å². The maximum Gasteiger partial charge on any atom is 0.317 e. The molecule has 25 heavy (non-hydrogen) atoms. The number of ether oxygens (including phenoxy) is 1. The molecule has 1 atom stereocenters. The van der Waals surface area contributed by atoms with Crippen molar-refractivity contribution >= 4 is 17.8 Å². The van der Waals surface area contributed by atoms with Gasteiger partial charge in [-0.1, -0.05) is 12.1 Å². The van der Waals surface area contributed by atoms with Crippen molar-refractivity contribution in [2.24, 2.45) is 0 Å². The lowest BCUT2D eigenvalue weighted by atomic mass is 10.1. The topological polar surface area (TPSA) is 44.8 Å². The highest BCUT2D eigenvalue weighted by molar-refractivity contribution is 7.99. The second kappa shape index (κ2) is 9.34. The highest BCUT2D eigenvalue weighted by atomic mass is 32.2. The van der Waals surface area contributed by atoms with Crippen LogP contribution >= 0.6 is 11.8 Å². The number of carbonyl (C=O) groups is 1. The van der Waals surface area contributed by atoms with E-state index in [1.54, 1.807) is 7.11 Å². The summed E-state index contributed by atoms with van der Waals surface area (Å²) in [6, 6.07) is 8.83. The van der Waals surface area contributed by atoms with Gasteiger partial charge in [-0.25, -0.2) is 4.79 Å². The number of methoxy groups -OCH3 is 1. The molecule has 5 nitrogen and oxygen atoms in total. The second-order valence-corrected chi connectivity index (χ2v) is 7.87. The van der Waals surface area contributed by atoms with Gasteiger partial charge in [-0.3, -0.25) is 4.90 Å². The van der Waals surface area contributed by atoms with E-state index < -0.39 is 0 Å². The minimum atomic E-state index is 0.0798. The van der Waals surface area contributed by atoms with Crippen molar-refractivity contribution in [2.45, 2.75) is 25.3 Å². The van der Waals surface area contributed by atoms with E-state index in [2.05, 4.69) is 34.1 Å². The summed E-state index contributed by atoms with van der Waals surface area (Å²) in [6.45, 7) is 4.52. The van der Waals surface area contributed by atoms with E-state index in [-0.39, 0.29) is 6.03 Å². The van der Waals surface area contributed by atoms with E-state index in [1.165, 1.54) is 23.5 Å². The molecule has 1 unspecified atom stereocenters. The number of carbonyl (C=O) groups excluding carboxylic acids is 1. The molecule has 1 N–H and O–H groups in total. The van der Waals surface area contributed by atoms with Crippen molar-refractivity contribution in [3.63, 3.8) is 0 Å². The van der Waals surface area contributed by atoms with Gasteiger partial charge in [0.2, 0.25) is 0 Å². The SMILES string of the molecule is COc1ccc(CCNC(=O)N2CCCN(C3CCSC3)CC2)cc1. The smallest absolute Gasteiger partial charge is 0.317 e. The highest BCUT2D eigenvalue weighted by Gasteiger charge is 2.26. The minimum absolute atomic E-state index is 0.0798. The third kappa shape index (κ3) is 5.28. The summed E-state index contributed by atoms with van der Waals surface area (Å²) in [5, 5.41) is 3.07. The lowest BCUT2D eigenvalue weighted by molar-refractivity contribution is 0.192. The van der Waals surface area contributed by atoms with Crippen molar-refractivity contribution < 1.29 is 9.53 Å². The molecule has 2 fully saturated rings. The molecule has 2 aliphatic heterocycles. The molecule has 1 aromatic rings. The van der Waals surface area contributed by atoms with Crippen LogP contribution in [0.4, 0.5) is 4.79 Å². The fourth-order valence-electron chi connectivity index (χ4n) is 3.53. The van der Waals surface area contributed by atoms with Gasteiger partial charge < -0.3 is 15.0 Å². The van der Waals surface area contributed by atoms with Gasteiger partial charge in [-0.05, 0) is 42.7 Å². The lowest BCUT2D eigenvalue weighted by Crippen LogP contribution is -2.43. The number of amides is 2. The molecule has 0 saturated carbocycles. The molecule has 1 aromatic carbocycles. The van der Waals surface area contributed by atoms with E-state index in [9.17, 15) is 4.79 Å². The molecule has 6 heteroatoms. The number of hydrogen-bond acceptors (Lipinski definition) is 4. The average Bonchev–Trinajstić information content (AvgIpc) is 3.06. The average molecular weight is 364 g/mol. The van der Waals surface area contributed by atoms with Gasteiger partial charge in [0, 0.05) is 44.5 Å². The van der Waals surface area contributed by atoms with Gasteiger partial charge in [-0.2, -0.15) is 11.8 Å². The van der Waals surface area contributed by atoms with Crippen molar-refractivity contribution in [3.8, 4) is 5.75 Å². The van der Waals surface area contributed by atoms with Crippen LogP contribution in [-0.4, -0.2) is 73.2 Å². The Bertz CT molecular complexity index is 546. The highest BCUT2D eigenvalue weighted by Crippen LogP contribution is 2.23. The Morgan fingerprint density at radius 3 is 2.80 bits per heavy atom. The Morgan fingerprint density at radius 1 is 1.24 bits per heavy atom. The monoisotopic (exact) mass is 363 g/mol. The zero-order valence-corrected chi connectivity index (χ0v) is 15.9. The number of rotatable bonds is 5. The fraction of sp³-hybridized carbons (Fsp3) is 0.632. The fourth-order valence-corrected chi connectivity index (χ4v) is 4.79. The van der Waals surface area contributed by atoms with Gasteiger partial charge in [0.1, 0.15) is 5.75 Å². The first-order chi connectivity index (χ1) is 12.3. The normalized spacial score (nSPS) is 21.8. The molecule has 0 radical (unpaired) electrons. The molecule has 138 valence electrons. The van der Waals surface area contributed by atoms with Crippen LogP contribution in [-0.2, 0) is 6.42 Å². The number of benzene rings is 1. The molecule has 0 bridgehead atoms. The lowest BCUT2D eigenvalue weighted by Gasteiger charge is -2.26. The molecule has 2 amide bonds. The van der Waals surface area contributed by atoms with Crippen molar-refractivity contribution in [3.05, 3.63) is 29.8 Å². The van der Waals surface area contributed by atoms with Gasteiger partial charge in [0.05, 0.1) is 7.11 Å². The standard InChI is InChI=1S/C19H29N3O2S/c1-24-18-5-3-16(4-6-18)7-9-20-19(23)22-11-2-10-21(12-13-22)17-8-14-25-15-17/h3-6,17H,2,7-15H2,1H3,(H,20,23). The van der Waals surface area contributed by atoms with Gasteiger partial charge in [-0.15, -0.1) is 0 Å². The number of hydrogen-bond donors (Lipinski definition) is 1. The summed E-state index contributed by atoms with van der Waals surface area (Å²) < 4.78 is 5.17. The van der Waals surface area contributed by atoms with Crippen LogP contribution in [0.3, 0.4) is 0 Å². The van der Waals surface area contributed by atoms with Crippen LogP contribution < -0.4 is 10.1 Å². The van der Waals surface area contributed by atoms with Crippen molar-refractivity contribution in [2.75, 3.05) is 51.3 Å². The third-order valence-corrected chi connectivity index (χ3v) is 6.23. The Hall–Kier alpha value is -1.40. The zero-order chi connectivity index (χ0) is 17.5. The van der Waals surface area contributed by atoms with Crippen LogP contribution in [0.2, 0.25) is 0 Å². The van der Waals surface area contributed by atoms with E-state index in [0.717, 1.165) is 50.8 Å². The second-order valence-electron chi connectivity index (χ2n) is 6.72. The number of urea groups is 1. The predicted molar refractivity (Wildman–Crippen MR) is 104 cm³/mol. The molecule has 0 spiro atoms. The van der Waals surface area contributed by atoms with Crippen LogP contribution in [0.25, 0.3) is 0 Å². The van der Waals surface area contributed by atoms with E-state index in [0.29, 0.717) is 6.54 Å². The summed E-state index contributed by atoms with van der Waals surface area (Å²) in [5.41, 5.74) is 1.21. The third-order valence-electron chi connectivity index (χ3n) is 5.09. The molecule has 0 aliphatic carbocycles. The molecular weight excluding hydrogens is 334 g/mol. The first-order valence-corrected chi connectivity index (χ1v) is 10.4. The first kappa shape index (κ1) is 18.4. The Kier molecular flexibility index (Phi) is 6.87. The minimum Gasteiger partial charge on any atom is -0.497 e. The maximum atomic E-state index is 12.4. The van der Waals surface area contributed by atoms with Gasteiger partial charge in [0.25, 0.3) is 0 Å². The van der Waals surface area contributed by atoms with Crippen LogP contribution in [0.1, 0.15) is 18.4 Å². The number of nitrogens with one attached hydrogen (secondary N) is 1. The largest absolute Gasteiger partial charge is 0.497 e. The summed E-state index contributed by atoms with van der Waals surface area (Å²) in [4.78, 5) is 17.0. The molecule has 2 aliphatic rings. The Morgan fingerprint density at radius 2 is 2.08 bits per heavy atom. The van der Waals surface area contributed by atoms with E-state index in [4.69, 9.17) is 4.74 Å². The quantitative estimate of drug-likeness (QED) is 0.873. The number of thioether (sulfide) groups is 1. The molecular formula is C19H29N3O2S. The summed E-state index contributed by atoms with van der Waals surface area (Å²) in [7, 11) is 1.67. The summed E-state index contributed by atoms with van der Waals surface area (Å²) >= 11 is 2.06. The predicted octanol–water partition coefficient (Wildman–Crippen LogP) is 2.46. The molecule has 2 heterocycles. The molecule has 3 rings (SSSR count). The Labute approximate surface area is 155 Å². The molecule has 2 saturated heterocycles. The van der Waals surface area contributed by atoms with Crippen molar-refractivity contribution in [1.82, 2.24) is 15.1 Å². The van der Waals surface area contributed by atoms with Crippen LogP contribution in [0, 0.1) is 0 Å². The summed E-state index contributed by atoms with van der Waals surface area (Å²) in [5.74, 6) is 3.41. The maximum absolute atomic E-state index is 12.4. The van der Waals surface area contributed by atoms with E-state index in [1.807, 2.05) is 17.0 Å². The zero-order valence-electron chi connectivity index (χ0n) is 15.1. The Balaban J connectivity index is 1.40. The van der Waals surface area contributed by atoms with Crippen LogP contribution in [0.15, 0.2) is 24.3 Å². The van der Waals surface area contributed by atoms with E-state index >= 15 is 0 Å². The number of nitrogens with zero attached hydrogens (tertiary/aromatic N) is 2. The van der Waals surface area contributed by atoms with Gasteiger partial charge in [0.15, 0.2) is 0 Å². The first-order valence-electron chi connectivity index (χ1n) is 9.24. The summed E-state index contributed by atoms with van der Waals surface area (Å²) in [6.07, 6.45) is 3.22. The van der Waals surface area contributed by atoms with Crippen LogP contribution in [0.5, 0.6) is 5.75 Å². The molecule has 0 aromatic heterocycles.